The van der Waals surface area contributed by atoms with Crippen LogP contribution in [0.15, 0.2) is 0 Å². The van der Waals surface area contributed by atoms with Gasteiger partial charge in [-0.1, -0.05) is 26.2 Å². The molecule has 0 bridgehead atoms. The van der Waals surface area contributed by atoms with Crippen LogP contribution in [0.25, 0.3) is 0 Å². The molecule has 0 aromatic heterocycles. The second-order valence-corrected chi connectivity index (χ2v) is 5.50. The maximum atomic E-state index is 9.84. The molecule has 1 aliphatic rings. The number of aliphatic hydroxyl groups is 2. The van der Waals surface area contributed by atoms with E-state index in [4.69, 9.17) is 4.74 Å². The first-order valence-electron chi connectivity index (χ1n) is 7.35. The second-order valence-electron chi connectivity index (χ2n) is 5.50. The third-order valence-corrected chi connectivity index (χ3v) is 3.57. The summed E-state index contributed by atoms with van der Waals surface area (Å²) >= 11 is 0. The summed E-state index contributed by atoms with van der Waals surface area (Å²) in [7, 11) is 0. The highest BCUT2D eigenvalue weighted by Gasteiger charge is 2.33. The molecule has 0 aromatic rings. The molecule has 0 saturated heterocycles. The molecule has 4 nitrogen and oxygen atoms in total. The van der Waals surface area contributed by atoms with E-state index in [2.05, 4.69) is 12.2 Å². The number of hydrogen-bond acceptors (Lipinski definition) is 4. The maximum absolute atomic E-state index is 9.84. The van der Waals surface area contributed by atoms with E-state index < -0.39 is 11.7 Å². The molecule has 0 aliphatic heterocycles. The molecule has 1 fully saturated rings. The molecule has 1 unspecified atom stereocenters. The number of rotatable bonds is 11. The molecule has 0 aromatic carbocycles. The van der Waals surface area contributed by atoms with E-state index in [1.54, 1.807) is 0 Å². The largest absolute Gasteiger partial charge is 0.389 e. The lowest BCUT2D eigenvalue weighted by molar-refractivity contribution is -0.0349. The van der Waals surface area contributed by atoms with Crippen molar-refractivity contribution in [1.29, 1.82) is 0 Å². The van der Waals surface area contributed by atoms with E-state index in [0.29, 0.717) is 19.7 Å². The molecule has 1 rings (SSSR count). The van der Waals surface area contributed by atoms with Crippen molar-refractivity contribution in [2.45, 2.75) is 63.6 Å². The Balaban J connectivity index is 1.86. The molecular formula is C14H29NO3. The number of unbranched alkanes of at least 4 members (excludes halogenated alkanes) is 3. The van der Waals surface area contributed by atoms with Gasteiger partial charge in [0.15, 0.2) is 0 Å². The average Bonchev–Trinajstić information content (AvgIpc) is 2.31. The molecule has 18 heavy (non-hydrogen) atoms. The lowest BCUT2D eigenvalue weighted by Gasteiger charge is -2.36. The number of nitrogens with one attached hydrogen (secondary N) is 1. The Labute approximate surface area is 111 Å². The highest BCUT2D eigenvalue weighted by molar-refractivity contribution is 4.89. The zero-order chi connectivity index (χ0) is 13.3. The summed E-state index contributed by atoms with van der Waals surface area (Å²) < 4.78 is 5.41. The van der Waals surface area contributed by atoms with Crippen LogP contribution >= 0.6 is 0 Å². The van der Waals surface area contributed by atoms with Crippen LogP contribution in [-0.2, 0) is 4.74 Å². The third kappa shape index (κ3) is 6.69. The van der Waals surface area contributed by atoms with Crippen LogP contribution in [0.4, 0.5) is 0 Å². The van der Waals surface area contributed by atoms with Crippen molar-refractivity contribution in [1.82, 2.24) is 5.32 Å². The van der Waals surface area contributed by atoms with E-state index in [-0.39, 0.29) is 0 Å². The van der Waals surface area contributed by atoms with Gasteiger partial charge < -0.3 is 20.3 Å². The quantitative estimate of drug-likeness (QED) is 0.492. The SMILES string of the molecule is CCCCCCOCC(O)CNCC1(O)CCC1. The van der Waals surface area contributed by atoms with Gasteiger partial charge in [-0.15, -0.1) is 0 Å². The molecule has 0 heterocycles. The van der Waals surface area contributed by atoms with Crippen LogP contribution in [0.3, 0.4) is 0 Å². The topological polar surface area (TPSA) is 61.7 Å². The molecule has 108 valence electrons. The molecular weight excluding hydrogens is 230 g/mol. The van der Waals surface area contributed by atoms with Crippen LogP contribution in [0.1, 0.15) is 51.9 Å². The van der Waals surface area contributed by atoms with Crippen LogP contribution in [0, 0.1) is 0 Å². The first-order valence-corrected chi connectivity index (χ1v) is 7.35. The average molecular weight is 259 g/mol. The van der Waals surface area contributed by atoms with Crippen LogP contribution in [0.2, 0.25) is 0 Å². The Morgan fingerprint density at radius 3 is 2.67 bits per heavy atom. The summed E-state index contributed by atoms with van der Waals surface area (Å²) in [5.74, 6) is 0. The van der Waals surface area contributed by atoms with Crippen molar-refractivity contribution in [2.75, 3.05) is 26.3 Å². The van der Waals surface area contributed by atoms with E-state index >= 15 is 0 Å². The van der Waals surface area contributed by atoms with Crippen LogP contribution < -0.4 is 5.32 Å². The van der Waals surface area contributed by atoms with Crippen LogP contribution in [-0.4, -0.2) is 48.2 Å². The van der Waals surface area contributed by atoms with Gasteiger partial charge in [0.1, 0.15) is 0 Å². The fraction of sp³-hybridized carbons (Fsp3) is 1.00. The fourth-order valence-electron chi connectivity index (χ4n) is 2.14. The minimum atomic E-state index is -0.513. The molecule has 3 N–H and O–H groups in total. The zero-order valence-electron chi connectivity index (χ0n) is 11.7. The van der Waals surface area contributed by atoms with Crippen molar-refractivity contribution in [3.05, 3.63) is 0 Å². The van der Waals surface area contributed by atoms with Gasteiger partial charge >= 0.3 is 0 Å². The summed E-state index contributed by atoms with van der Waals surface area (Å²) in [5, 5.41) is 22.6. The summed E-state index contributed by atoms with van der Waals surface area (Å²) in [4.78, 5) is 0. The van der Waals surface area contributed by atoms with Gasteiger partial charge in [0, 0.05) is 19.7 Å². The normalized spacial score (nSPS) is 19.5. The van der Waals surface area contributed by atoms with Gasteiger partial charge in [0.25, 0.3) is 0 Å². The number of hydrogen-bond donors (Lipinski definition) is 3. The van der Waals surface area contributed by atoms with E-state index in [1.807, 2.05) is 0 Å². The molecule has 0 spiro atoms. The minimum absolute atomic E-state index is 0.386. The lowest BCUT2D eigenvalue weighted by Crippen LogP contribution is -2.48. The van der Waals surface area contributed by atoms with Gasteiger partial charge in [0.05, 0.1) is 18.3 Å². The Bertz CT molecular complexity index is 207. The predicted octanol–water partition coefficient (Wildman–Crippen LogP) is 1.45. The van der Waals surface area contributed by atoms with E-state index in [9.17, 15) is 10.2 Å². The smallest absolute Gasteiger partial charge is 0.0897 e. The van der Waals surface area contributed by atoms with Crippen LogP contribution in [0.5, 0.6) is 0 Å². The Morgan fingerprint density at radius 1 is 1.28 bits per heavy atom. The Morgan fingerprint density at radius 2 is 2.06 bits per heavy atom. The van der Waals surface area contributed by atoms with E-state index in [1.165, 1.54) is 19.3 Å². The number of aliphatic hydroxyl groups excluding tert-OH is 1. The van der Waals surface area contributed by atoms with E-state index in [0.717, 1.165) is 32.3 Å². The molecule has 1 atom stereocenters. The Kier molecular flexibility index (Phi) is 7.82. The highest BCUT2D eigenvalue weighted by atomic mass is 16.5. The van der Waals surface area contributed by atoms with Crippen molar-refractivity contribution >= 4 is 0 Å². The summed E-state index contributed by atoms with van der Waals surface area (Å²) in [6, 6.07) is 0. The minimum Gasteiger partial charge on any atom is -0.389 e. The fourth-order valence-corrected chi connectivity index (χ4v) is 2.14. The monoisotopic (exact) mass is 259 g/mol. The summed E-state index contributed by atoms with van der Waals surface area (Å²) in [5.41, 5.74) is -0.513. The molecule has 0 amide bonds. The summed E-state index contributed by atoms with van der Waals surface area (Å²) in [6.45, 7) is 4.39. The third-order valence-electron chi connectivity index (χ3n) is 3.57. The van der Waals surface area contributed by atoms with Crippen molar-refractivity contribution in [2.24, 2.45) is 0 Å². The Hall–Kier alpha value is -0.160. The van der Waals surface area contributed by atoms with Crippen molar-refractivity contribution in [3.63, 3.8) is 0 Å². The van der Waals surface area contributed by atoms with Gasteiger partial charge in [-0.25, -0.2) is 0 Å². The standard InChI is InChI=1S/C14H29NO3/c1-2-3-4-5-9-18-11-13(16)10-15-12-14(17)7-6-8-14/h13,15-17H,2-12H2,1H3. The highest BCUT2D eigenvalue weighted by Crippen LogP contribution is 2.30. The predicted molar refractivity (Wildman–Crippen MR) is 72.6 cm³/mol. The van der Waals surface area contributed by atoms with Gasteiger partial charge in [0.2, 0.25) is 0 Å². The molecule has 0 radical (unpaired) electrons. The molecule has 4 heteroatoms. The molecule has 1 aliphatic carbocycles. The second kappa shape index (κ2) is 8.86. The zero-order valence-corrected chi connectivity index (χ0v) is 11.7. The van der Waals surface area contributed by atoms with Crippen molar-refractivity contribution in [3.8, 4) is 0 Å². The van der Waals surface area contributed by atoms with Crippen molar-refractivity contribution < 1.29 is 14.9 Å². The van der Waals surface area contributed by atoms with Gasteiger partial charge in [-0.3, -0.25) is 0 Å². The van der Waals surface area contributed by atoms with Gasteiger partial charge in [-0.2, -0.15) is 0 Å². The molecule has 1 saturated carbocycles. The van der Waals surface area contributed by atoms with Gasteiger partial charge in [-0.05, 0) is 25.7 Å². The first kappa shape index (κ1) is 15.9. The first-order chi connectivity index (χ1) is 8.66. The lowest BCUT2D eigenvalue weighted by atomic mass is 9.80. The number of ether oxygens (including phenoxy) is 1. The summed E-state index contributed by atoms with van der Waals surface area (Å²) in [6.07, 6.45) is 7.17. The maximum Gasteiger partial charge on any atom is 0.0897 e.